The highest BCUT2D eigenvalue weighted by Crippen LogP contribution is 2.61. The molecular weight excluding hydrogens is 306 g/mol. The molecule has 6 fully saturated rings. The maximum absolute atomic E-state index is 14.1. The van der Waals surface area contributed by atoms with Crippen LogP contribution >= 0.6 is 0 Å². The zero-order valence-electron chi connectivity index (χ0n) is 16.1. The lowest BCUT2D eigenvalue weighted by atomic mass is 9.49. The molecule has 6 rings (SSSR count). The second-order valence-electron chi connectivity index (χ2n) is 10.5. The van der Waals surface area contributed by atoms with Crippen molar-refractivity contribution >= 4 is 5.91 Å². The fraction of sp³-hybridized carbons (Fsp3) is 0.957. The van der Waals surface area contributed by atoms with E-state index in [1.54, 1.807) is 0 Å². The molecule has 2 nitrogen and oxygen atoms in total. The highest BCUT2D eigenvalue weighted by atomic mass is 16.2. The van der Waals surface area contributed by atoms with Crippen LogP contribution in [0.3, 0.4) is 0 Å². The molecule has 6 aliphatic rings. The number of rotatable bonds is 3. The quantitative estimate of drug-likeness (QED) is 0.644. The molecular formula is C23H37NO. The van der Waals surface area contributed by atoms with E-state index in [-0.39, 0.29) is 5.41 Å². The summed E-state index contributed by atoms with van der Waals surface area (Å²) in [6, 6.07) is 1.16. The van der Waals surface area contributed by atoms with Crippen molar-refractivity contribution in [2.45, 2.75) is 115 Å². The Morgan fingerprint density at radius 3 is 1.44 bits per heavy atom. The molecule has 0 aromatic carbocycles. The van der Waals surface area contributed by atoms with Crippen LogP contribution in [0.4, 0.5) is 0 Å². The first-order valence-corrected chi connectivity index (χ1v) is 11.6. The zero-order chi connectivity index (χ0) is 16.9. The maximum atomic E-state index is 14.1. The molecule has 0 spiro atoms. The van der Waals surface area contributed by atoms with Crippen molar-refractivity contribution in [1.29, 1.82) is 0 Å². The van der Waals surface area contributed by atoms with Crippen molar-refractivity contribution in [3.05, 3.63) is 0 Å². The van der Waals surface area contributed by atoms with Crippen LogP contribution in [0.15, 0.2) is 0 Å². The Balaban J connectivity index is 1.42. The van der Waals surface area contributed by atoms with Crippen molar-refractivity contribution in [2.75, 3.05) is 0 Å². The third-order valence-corrected chi connectivity index (χ3v) is 8.66. The van der Waals surface area contributed by atoms with Gasteiger partial charge in [0.15, 0.2) is 0 Å². The fourth-order valence-corrected chi connectivity index (χ4v) is 7.99. The zero-order valence-corrected chi connectivity index (χ0v) is 16.1. The van der Waals surface area contributed by atoms with Crippen LogP contribution in [-0.4, -0.2) is 22.9 Å². The molecule has 2 heteroatoms. The van der Waals surface area contributed by atoms with Gasteiger partial charge in [-0.05, 0) is 82.0 Å². The third-order valence-electron chi connectivity index (χ3n) is 8.66. The van der Waals surface area contributed by atoms with Gasteiger partial charge in [-0.3, -0.25) is 4.79 Å². The van der Waals surface area contributed by atoms with Gasteiger partial charge in [-0.2, -0.15) is 0 Å². The van der Waals surface area contributed by atoms with Crippen LogP contribution in [-0.2, 0) is 4.79 Å². The van der Waals surface area contributed by atoms with E-state index in [0.29, 0.717) is 18.0 Å². The summed E-state index contributed by atoms with van der Waals surface area (Å²) < 4.78 is 0. The molecule has 0 heterocycles. The molecule has 0 N–H and O–H groups in total. The van der Waals surface area contributed by atoms with Crippen LogP contribution < -0.4 is 0 Å². The summed E-state index contributed by atoms with van der Waals surface area (Å²) in [5, 5.41) is 0. The Hall–Kier alpha value is -0.530. The van der Waals surface area contributed by atoms with E-state index in [1.165, 1.54) is 103 Å². The number of nitrogens with zero attached hydrogens (tertiary/aromatic N) is 1. The van der Waals surface area contributed by atoms with Gasteiger partial charge in [0.2, 0.25) is 5.91 Å². The Kier molecular flexibility index (Phi) is 4.37. The summed E-state index contributed by atoms with van der Waals surface area (Å²) in [6.07, 6.45) is 21.4. The van der Waals surface area contributed by atoms with Crippen molar-refractivity contribution in [3.8, 4) is 0 Å². The summed E-state index contributed by atoms with van der Waals surface area (Å²) in [7, 11) is 0. The van der Waals surface area contributed by atoms with E-state index < -0.39 is 0 Å². The van der Waals surface area contributed by atoms with E-state index in [1.807, 2.05) is 0 Å². The molecule has 0 unspecified atom stereocenters. The molecule has 25 heavy (non-hydrogen) atoms. The summed E-state index contributed by atoms with van der Waals surface area (Å²) in [5.41, 5.74) is 0.0731. The van der Waals surface area contributed by atoms with E-state index in [4.69, 9.17) is 0 Å². The first-order valence-electron chi connectivity index (χ1n) is 11.6. The first kappa shape index (κ1) is 16.6. The average Bonchev–Trinajstić information content (AvgIpc) is 2.63. The Morgan fingerprint density at radius 1 is 0.640 bits per heavy atom. The van der Waals surface area contributed by atoms with Gasteiger partial charge >= 0.3 is 0 Å². The lowest BCUT2D eigenvalue weighted by Gasteiger charge is -2.58. The van der Waals surface area contributed by atoms with Gasteiger partial charge in [-0.25, -0.2) is 0 Å². The van der Waals surface area contributed by atoms with Crippen molar-refractivity contribution < 1.29 is 4.79 Å². The lowest BCUT2D eigenvalue weighted by molar-refractivity contribution is -0.164. The van der Waals surface area contributed by atoms with E-state index in [2.05, 4.69) is 4.90 Å². The van der Waals surface area contributed by atoms with Crippen LogP contribution in [0.25, 0.3) is 0 Å². The van der Waals surface area contributed by atoms with Gasteiger partial charge in [0.25, 0.3) is 0 Å². The molecule has 0 aliphatic heterocycles. The van der Waals surface area contributed by atoms with Gasteiger partial charge in [0.1, 0.15) is 0 Å². The minimum absolute atomic E-state index is 0.0731. The van der Waals surface area contributed by atoms with E-state index in [0.717, 1.165) is 17.8 Å². The van der Waals surface area contributed by atoms with Gasteiger partial charge in [0.05, 0.1) is 5.41 Å². The highest BCUT2D eigenvalue weighted by Gasteiger charge is 2.56. The Labute approximate surface area is 154 Å². The monoisotopic (exact) mass is 343 g/mol. The second-order valence-corrected chi connectivity index (χ2v) is 10.5. The van der Waals surface area contributed by atoms with Crippen LogP contribution in [0.2, 0.25) is 0 Å². The molecule has 0 radical (unpaired) electrons. The summed E-state index contributed by atoms with van der Waals surface area (Å²) in [5.74, 6) is 3.30. The summed E-state index contributed by atoms with van der Waals surface area (Å²) in [4.78, 5) is 16.7. The van der Waals surface area contributed by atoms with E-state index >= 15 is 0 Å². The average molecular weight is 344 g/mol. The molecule has 6 saturated carbocycles. The minimum atomic E-state index is 0.0731. The van der Waals surface area contributed by atoms with Crippen LogP contribution in [0, 0.1) is 23.2 Å². The fourth-order valence-electron chi connectivity index (χ4n) is 7.99. The molecule has 4 bridgehead atoms. The molecule has 0 atom stereocenters. The van der Waals surface area contributed by atoms with Crippen LogP contribution in [0.5, 0.6) is 0 Å². The number of hydrogen-bond donors (Lipinski definition) is 0. The SMILES string of the molecule is O=C(N(C1CCCCC1)C1CCCCC1)C12CC3CC(CC(C3)C1)C2. The predicted octanol–water partition coefficient (Wildman–Crippen LogP) is 5.70. The number of carbonyl (C=O) groups excluding carboxylic acids is 1. The van der Waals surface area contributed by atoms with Crippen molar-refractivity contribution in [2.24, 2.45) is 23.2 Å². The van der Waals surface area contributed by atoms with Gasteiger partial charge in [0, 0.05) is 12.1 Å². The highest BCUT2D eigenvalue weighted by molar-refractivity contribution is 5.84. The van der Waals surface area contributed by atoms with Crippen LogP contribution in [0.1, 0.15) is 103 Å². The van der Waals surface area contributed by atoms with Crippen molar-refractivity contribution in [1.82, 2.24) is 4.90 Å². The topological polar surface area (TPSA) is 20.3 Å². The number of amides is 1. The smallest absolute Gasteiger partial charge is 0.229 e. The molecule has 0 saturated heterocycles. The summed E-state index contributed by atoms with van der Waals surface area (Å²) >= 11 is 0. The standard InChI is InChI=1S/C23H37NO/c25-22(23-14-17-11-18(15-23)13-19(12-17)16-23)24(20-7-3-1-4-8-20)21-9-5-2-6-10-21/h17-21H,1-16H2. The second kappa shape index (κ2) is 6.57. The van der Waals surface area contributed by atoms with Crippen molar-refractivity contribution in [3.63, 3.8) is 0 Å². The molecule has 6 aliphatic carbocycles. The largest absolute Gasteiger partial charge is 0.336 e. The maximum Gasteiger partial charge on any atom is 0.229 e. The number of hydrogen-bond acceptors (Lipinski definition) is 1. The number of carbonyl (C=O) groups is 1. The predicted molar refractivity (Wildman–Crippen MR) is 101 cm³/mol. The molecule has 140 valence electrons. The normalized spacial score (nSPS) is 41.8. The minimum Gasteiger partial charge on any atom is -0.336 e. The van der Waals surface area contributed by atoms with Gasteiger partial charge in [-0.15, -0.1) is 0 Å². The van der Waals surface area contributed by atoms with Gasteiger partial charge < -0.3 is 4.90 Å². The van der Waals surface area contributed by atoms with E-state index in [9.17, 15) is 4.79 Å². The third kappa shape index (κ3) is 2.96. The molecule has 1 amide bonds. The Morgan fingerprint density at radius 2 is 1.04 bits per heavy atom. The van der Waals surface area contributed by atoms with Gasteiger partial charge in [-0.1, -0.05) is 38.5 Å². The summed E-state index contributed by atoms with van der Waals surface area (Å²) in [6.45, 7) is 0. The first-order chi connectivity index (χ1) is 12.2. The Bertz CT molecular complexity index is 447. The molecule has 0 aromatic rings. The lowest BCUT2D eigenvalue weighted by Crippen LogP contribution is -2.59. The molecule has 0 aromatic heterocycles.